The maximum Gasteiger partial charge on any atom is 0.303 e. The van der Waals surface area contributed by atoms with Crippen LogP contribution in [0.5, 0.6) is 0 Å². The molecule has 1 saturated heterocycles. The maximum atomic E-state index is 13.4. The van der Waals surface area contributed by atoms with E-state index in [4.69, 9.17) is 9.84 Å². The second-order valence-corrected chi connectivity index (χ2v) is 8.54. The number of nitrogens with one attached hydrogen (secondary N) is 2. The molecule has 1 aromatic carbocycles. The summed E-state index contributed by atoms with van der Waals surface area (Å²) in [5.74, 6) is -3.02. The Balaban J connectivity index is 1.52. The first-order valence-corrected chi connectivity index (χ1v) is 10.9. The number of nitrogens with zero attached hydrogens (tertiary/aromatic N) is 3. The Morgan fingerprint density at radius 2 is 1.86 bits per heavy atom. The van der Waals surface area contributed by atoms with Crippen molar-refractivity contribution in [1.82, 2.24) is 4.98 Å². The number of rotatable bonds is 7. The summed E-state index contributed by atoms with van der Waals surface area (Å²) >= 11 is 0. The number of ether oxygens (including phenoxy) is 1. The van der Waals surface area contributed by atoms with E-state index in [1.807, 2.05) is 6.92 Å². The van der Waals surface area contributed by atoms with E-state index in [1.54, 1.807) is 12.1 Å². The summed E-state index contributed by atoms with van der Waals surface area (Å²) in [4.78, 5) is 33.8. The quantitative estimate of drug-likeness (QED) is 0.234. The molecule has 0 spiro atoms. The van der Waals surface area contributed by atoms with E-state index in [9.17, 15) is 18.4 Å². The van der Waals surface area contributed by atoms with E-state index in [1.165, 1.54) is 19.3 Å². The predicted octanol–water partition coefficient (Wildman–Crippen LogP) is 4.01. The van der Waals surface area contributed by atoms with Crippen molar-refractivity contribution in [2.24, 2.45) is 10.4 Å². The number of aliphatic carboxylic acids is 1. The highest BCUT2D eigenvalue weighted by molar-refractivity contribution is 6.04. The van der Waals surface area contributed by atoms with Crippen molar-refractivity contribution in [3.8, 4) is 0 Å². The molecule has 1 fully saturated rings. The van der Waals surface area contributed by atoms with Gasteiger partial charge in [-0.25, -0.2) is 18.8 Å². The van der Waals surface area contributed by atoms with Crippen LogP contribution < -0.4 is 15.5 Å². The van der Waals surface area contributed by atoms with Gasteiger partial charge in [0.05, 0.1) is 18.3 Å². The molecule has 0 atom stereocenters. The van der Waals surface area contributed by atoms with Crippen molar-refractivity contribution < 1.29 is 28.2 Å². The number of carboxylic acid groups (broad SMARTS) is 1. The molecule has 2 aromatic rings. The van der Waals surface area contributed by atoms with E-state index >= 15 is 0 Å². The Morgan fingerprint density at radius 3 is 2.43 bits per heavy atom. The molecule has 2 heterocycles. The zero-order valence-corrected chi connectivity index (χ0v) is 19.5. The van der Waals surface area contributed by atoms with Crippen LogP contribution in [-0.4, -0.2) is 48.1 Å². The van der Waals surface area contributed by atoms with Gasteiger partial charge in [-0.3, -0.25) is 9.59 Å². The van der Waals surface area contributed by atoms with Gasteiger partial charge in [0.1, 0.15) is 5.82 Å². The third kappa shape index (κ3) is 6.98. The highest BCUT2D eigenvalue weighted by Crippen LogP contribution is 2.35. The number of halogens is 2. The van der Waals surface area contributed by atoms with E-state index in [0.717, 1.165) is 30.8 Å². The summed E-state index contributed by atoms with van der Waals surface area (Å²) in [5, 5.41) is 14.3. The molecule has 3 rings (SSSR count). The second-order valence-electron chi connectivity index (χ2n) is 8.54. The van der Waals surface area contributed by atoms with E-state index < -0.39 is 23.5 Å². The highest BCUT2D eigenvalue weighted by Gasteiger charge is 2.32. The average molecular weight is 488 g/mol. The number of amidine groups is 1. The number of hydrogen-bond acceptors (Lipinski definition) is 6. The smallest absolute Gasteiger partial charge is 0.303 e. The second kappa shape index (κ2) is 10.9. The fourth-order valence-electron chi connectivity index (χ4n) is 3.65. The number of anilines is 3. The Morgan fingerprint density at radius 1 is 1.17 bits per heavy atom. The molecule has 0 bridgehead atoms. The van der Waals surface area contributed by atoms with Gasteiger partial charge >= 0.3 is 5.97 Å². The molecule has 0 saturated carbocycles. The van der Waals surface area contributed by atoms with E-state index in [-0.39, 0.29) is 29.3 Å². The molecule has 1 aliphatic heterocycles. The number of piperidine rings is 1. The van der Waals surface area contributed by atoms with Gasteiger partial charge in [0.25, 0.3) is 11.9 Å². The number of carboxylic acids is 1. The number of amides is 1. The number of benzene rings is 1. The van der Waals surface area contributed by atoms with Crippen LogP contribution in [-0.2, 0) is 14.3 Å². The number of carbonyl (C=O) groups excluding carboxylic acids is 1. The summed E-state index contributed by atoms with van der Waals surface area (Å²) in [6.07, 6.45) is 3.14. The maximum absolute atomic E-state index is 13.4. The van der Waals surface area contributed by atoms with Crippen molar-refractivity contribution in [3.63, 3.8) is 0 Å². The molecule has 0 unspecified atom stereocenters. The molecule has 1 amide bonds. The van der Waals surface area contributed by atoms with Crippen LogP contribution in [0.2, 0.25) is 0 Å². The van der Waals surface area contributed by atoms with E-state index in [2.05, 4.69) is 32.1 Å². The minimum atomic E-state index is -1.04. The topological polar surface area (TPSA) is 116 Å². The zero-order chi connectivity index (χ0) is 25.6. The summed E-state index contributed by atoms with van der Waals surface area (Å²) in [6.45, 7) is 6.95. The lowest BCUT2D eigenvalue weighted by Crippen LogP contribution is -2.40. The molecule has 3 N–H and O–H groups in total. The van der Waals surface area contributed by atoms with Crippen LogP contribution in [0, 0.1) is 17.0 Å². The van der Waals surface area contributed by atoms with Gasteiger partial charge in [0, 0.05) is 31.9 Å². The summed E-state index contributed by atoms with van der Waals surface area (Å²) in [7, 11) is 1.39. The lowest BCUT2D eigenvalue weighted by atomic mass is 9.77. The standard InChI is InChI=1S/C24H27F2N5O4/c1-15(35-23(27-3)30-16-4-6-18(25)19(26)12-16)22(34)29-17-5-7-20(28-14-17)31-10-8-24(2,9-11-31)13-21(32)33/h4-7,12,14H,1,8-11,13H2,2-3H3,(H,27,30)(H,29,34)(H,32,33). The molecule has 0 aliphatic carbocycles. The molecule has 1 aliphatic rings. The van der Waals surface area contributed by atoms with Crippen LogP contribution in [0.15, 0.2) is 53.9 Å². The first kappa shape index (κ1) is 25.6. The molecule has 186 valence electrons. The normalized spacial score (nSPS) is 15.3. The first-order valence-electron chi connectivity index (χ1n) is 10.9. The zero-order valence-electron chi connectivity index (χ0n) is 19.5. The molecule has 0 radical (unpaired) electrons. The minimum Gasteiger partial charge on any atom is -0.481 e. The van der Waals surface area contributed by atoms with Gasteiger partial charge in [0.2, 0.25) is 0 Å². The van der Waals surface area contributed by atoms with Gasteiger partial charge in [-0.1, -0.05) is 13.5 Å². The van der Waals surface area contributed by atoms with Crippen molar-refractivity contribution >= 4 is 35.1 Å². The number of aliphatic imine (C=N–C) groups is 1. The Bertz CT molecular complexity index is 1130. The Labute approximate surface area is 201 Å². The molecular weight excluding hydrogens is 460 g/mol. The highest BCUT2D eigenvalue weighted by atomic mass is 19.2. The lowest BCUT2D eigenvalue weighted by molar-refractivity contribution is -0.139. The first-order chi connectivity index (χ1) is 16.6. The fourth-order valence-corrected chi connectivity index (χ4v) is 3.65. The summed E-state index contributed by atoms with van der Waals surface area (Å²) < 4.78 is 31.8. The molecule has 35 heavy (non-hydrogen) atoms. The predicted molar refractivity (Wildman–Crippen MR) is 128 cm³/mol. The largest absolute Gasteiger partial charge is 0.481 e. The Kier molecular flexibility index (Phi) is 8.00. The summed E-state index contributed by atoms with van der Waals surface area (Å²) in [5.41, 5.74) is 0.370. The lowest BCUT2D eigenvalue weighted by Gasteiger charge is -2.39. The van der Waals surface area contributed by atoms with Crippen molar-refractivity contribution in [1.29, 1.82) is 0 Å². The third-order valence-corrected chi connectivity index (χ3v) is 5.73. The van der Waals surface area contributed by atoms with Crippen LogP contribution >= 0.6 is 0 Å². The van der Waals surface area contributed by atoms with Crippen molar-refractivity contribution in [2.45, 2.75) is 26.2 Å². The SMILES string of the molecule is C=C(OC(=NC)Nc1ccc(F)c(F)c1)C(=O)Nc1ccc(N2CCC(C)(CC(=O)O)CC2)nc1. The number of hydrogen-bond donors (Lipinski definition) is 3. The van der Waals surface area contributed by atoms with Gasteiger partial charge < -0.3 is 25.4 Å². The number of carbonyl (C=O) groups is 2. The molecule has 11 heteroatoms. The van der Waals surface area contributed by atoms with E-state index in [0.29, 0.717) is 18.8 Å². The minimum absolute atomic E-state index is 0.135. The van der Waals surface area contributed by atoms with Gasteiger partial charge in [-0.05, 0) is 42.5 Å². The number of aromatic nitrogens is 1. The summed E-state index contributed by atoms with van der Waals surface area (Å²) in [6, 6.07) is 6.48. The van der Waals surface area contributed by atoms with Crippen LogP contribution in [0.25, 0.3) is 0 Å². The van der Waals surface area contributed by atoms with Gasteiger partial charge in [0.15, 0.2) is 17.4 Å². The van der Waals surface area contributed by atoms with Crippen LogP contribution in [0.3, 0.4) is 0 Å². The molecule has 1 aromatic heterocycles. The van der Waals surface area contributed by atoms with Crippen molar-refractivity contribution in [2.75, 3.05) is 35.7 Å². The fraction of sp³-hybridized carbons (Fsp3) is 0.333. The van der Waals surface area contributed by atoms with Crippen LogP contribution in [0.4, 0.5) is 26.0 Å². The van der Waals surface area contributed by atoms with Crippen molar-refractivity contribution in [3.05, 3.63) is 60.5 Å². The van der Waals surface area contributed by atoms with Crippen LogP contribution in [0.1, 0.15) is 26.2 Å². The number of pyridine rings is 1. The van der Waals surface area contributed by atoms with Gasteiger partial charge in [-0.15, -0.1) is 0 Å². The molecular formula is C24H27F2N5O4. The van der Waals surface area contributed by atoms with Gasteiger partial charge in [-0.2, -0.15) is 0 Å². The average Bonchev–Trinajstić information content (AvgIpc) is 2.81. The Hall–Kier alpha value is -4.02. The monoisotopic (exact) mass is 487 g/mol. The molecule has 9 nitrogen and oxygen atoms in total. The third-order valence-electron chi connectivity index (χ3n) is 5.73.